The summed E-state index contributed by atoms with van der Waals surface area (Å²) in [5.74, 6) is -0.485. The second-order valence-corrected chi connectivity index (χ2v) is 7.25. The van der Waals surface area contributed by atoms with Crippen molar-refractivity contribution in [2.45, 2.75) is 37.8 Å². The van der Waals surface area contributed by atoms with E-state index in [4.69, 9.17) is 0 Å². The Kier molecular flexibility index (Phi) is 2.74. The summed E-state index contributed by atoms with van der Waals surface area (Å²) in [4.78, 5) is 11.2. The van der Waals surface area contributed by atoms with Gasteiger partial charge in [0.2, 0.25) is 0 Å². The largest absolute Gasteiger partial charge is 0.480 e. The Morgan fingerprint density at radius 1 is 1.38 bits per heavy atom. The molecular weight excluding hydrogens is 230 g/mol. The van der Waals surface area contributed by atoms with Crippen LogP contribution in [-0.4, -0.2) is 42.6 Å². The van der Waals surface area contributed by atoms with Crippen molar-refractivity contribution in [3.8, 4) is 0 Å². The molecule has 2 atom stereocenters. The fraction of sp³-hybridized carbons (Fsp3) is 0.900. The number of carbonyl (C=O) groups is 1. The van der Waals surface area contributed by atoms with E-state index in [9.17, 15) is 18.3 Å². The van der Waals surface area contributed by atoms with E-state index in [2.05, 4.69) is 5.32 Å². The van der Waals surface area contributed by atoms with E-state index in [0.717, 1.165) is 12.8 Å². The van der Waals surface area contributed by atoms with Crippen molar-refractivity contribution in [1.29, 1.82) is 0 Å². The fourth-order valence-corrected chi connectivity index (χ4v) is 4.02. The van der Waals surface area contributed by atoms with Crippen LogP contribution < -0.4 is 5.32 Å². The Bertz CT molecular complexity index is 401. The Hall–Kier alpha value is -0.620. The van der Waals surface area contributed by atoms with Gasteiger partial charge < -0.3 is 5.11 Å². The highest BCUT2D eigenvalue weighted by Crippen LogP contribution is 2.40. The summed E-state index contributed by atoms with van der Waals surface area (Å²) in [5, 5.41) is 12.3. The van der Waals surface area contributed by atoms with Crippen LogP contribution in [-0.2, 0) is 14.6 Å². The molecular formula is C10H17NO4S. The second-order valence-electron chi connectivity index (χ2n) is 5.03. The molecule has 2 aliphatic rings. The average molecular weight is 247 g/mol. The first-order valence-electron chi connectivity index (χ1n) is 5.55. The fourth-order valence-electron chi connectivity index (χ4n) is 2.35. The predicted octanol–water partition coefficient (Wildman–Crippen LogP) is 0.0164. The van der Waals surface area contributed by atoms with E-state index in [0.29, 0.717) is 6.42 Å². The Morgan fingerprint density at radius 2 is 2.00 bits per heavy atom. The molecule has 0 bridgehead atoms. The summed E-state index contributed by atoms with van der Waals surface area (Å²) in [7, 11) is -2.95. The van der Waals surface area contributed by atoms with E-state index < -0.39 is 21.3 Å². The lowest BCUT2D eigenvalue weighted by molar-refractivity contribution is -0.145. The molecule has 6 heteroatoms. The van der Waals surface area contributed by atoms with Gasteiger partial charge in [-0.05, 0) is 32.1 Å². The number of aliphatic carboxylic acids is 1. The van der Waals surface area contributed by atoms with Crippen LogP contribution in [0.3, 0.4) is 0 Å². The normalized spacial score (nSPS) is 32.2. The molecule has 2 fully saturated rings. The topological polar surface area (TPSA) is 83.5 Å². The zero-order valence-electron chi connectivity index (χ0n) is 9.27. The average Bonchev–Trinajstić information content (AvgIpc) is 2.93. The zero-order valence-corrected chi connectivity index (χ0v) is 10.1. The molecule has 1 heterocycles. The maximum absolute atomic E-state index is 11.3. The molecule has 0 aromatic heterocycles. The first-order chi connectivity index (χ1) is 7.33. The SMILES string of the molecule is CC(NC1CCS(=O)(=O)C1)(C(=O)O)C1CC1. The molecule has 0 radical (unpaired) electrons. The monoisotopic (exact) mass is 247 g/mol. The van der Waals surface area contributed by atoms with Crippen molar-refractivity contribution in [3.63, 3.8) is 0 Å². The van der Waals surface area contributed by atoms with Gasteiger partial charge in [-0.1, -0.05) is 0 Å². The Morgan fingerprint density at radius 3 is 2.38 bits per heavy atom. The quantitative estimate of drug-likeness (QED) is 0.731. The Labute approximate surface area is 95.1 Å². The van der Waals surface area contributed by atoms with Gasteiger partial charge in [0.15, 0.2) is 9.84 Å². The van der Waals surface area contributed by atoms with Crippen LogP contribution in [0.4, 0.5) is 0 Å². The molecule has 16 heavy (non-hydrogen) atoms. The number of sulfone groups is 1. The van der Waals surface area contributed by atoms with Crippen LogP contribution in [0.15, 0.2) is 0 Å². The van der Waals surface area contributed by atoms with Crippen molar-refractivity contribution in [2.75, 3.05) is 11.5 Å². The zero-order chi connectivity index (χ0) is 12.0. The second kappa shape index (κ2) is 3.70. The van der Waals surface area contributed by atoms with Gasteiger partial charge >= 0.3 is 5.97 Å². The van der Waals surface area contributed by atoms with E-state index >= 15 is 0 Å². The van der Waals surface area contributed by atoms with Crippen LogP contribution in [0, 0.1) is 5.92 Å². The van der Waals surface area contributed by atoms with Gasteiger partial charge in [0.1, 0.15) is 5.54 Å². The molecule has 92 valence electrons. The first kappa shape index (κ1) is 11.9. The number of hydrogen-bond donors (Lipinski definition) is 2. The van der Waals surface area contributed by atoms with Crippen LogP contribution in [0.2, 0.25) is 0 Å². The minimum absolute atomic E-state index is 0.0720. The molecule has 0 spiro atoms. The van der Waals surface area contributed by atoms with Crippen LogP contribution in [0.1, 0.15) is 26.2 Å². The van der Waals surface area contributed by atoms with E-state index in [1.54, 1.807) is 6.92 Å². The van der Waals surface area contributed by atoms with Gasteiger partial charge in [-0.25, -0.2) is 8.42 Å². The van der Waals surface area contributed by atoms with E-state index in [-0.39, 0.29) is 23.5 Å². The van der Waals surface area contributed by atoms with Gasteiger partial charge in [-0.15, -0.1) is 0 Å². The third-order valence-corrected chi connectivity index (χ3v) is 5.34. The number of carboxylic acids is 1. The smallest absolute Gasteiger partial charge is 0.323 e. The van der Waals surface area contributed by atoms with Crippen molar-refractivity contribution in [1.82, 2.24) is 5.32 Å². The predicted molar refractivity (Wildman–Crippen MR) is 59.0 cm³/mol. The highest BCUT2D eigenvalue weighted by molar-refractivity contribution is 7.91. The van der Waals surface area contributed by atoms with Crippen molar-refractivity contribution >= 4 is 15.8 Å². The van der Waals surface area contributed by atoms with Gasteiger partial charge in [-0.2, -0.15) is 0 Å². The van der Waals surface area contributed by atoms with Crippen LogP contribution in [0.5, 0.6) is 0 Å². The first-order valence-corrected chi connectivity index (χ1v) is 7.37. The van der Waals surface area contributed by atoms with E-state index in [1.165, 1.54) is 0 Å². The Balaban J connectivity index is 2.05. The maximum Gasteiger partial charge on any atom is 0.323 e. The summed E-state index contributed by atoms with van der Waals surface area (Å²) in [6, 6.07) is -0.202. The molecule has 1 aliphatic carbocycles. The van der Waals surface area contributed by atoms with Gasteiger partial charge in [0.25, 0.3) is 0 Å². The van der Waals surface area contributed by atoms with Gasteiger partial charge in [0, 0.05) is 6.04 Å². The van der Waals surface area contributed by atoms with Crippen LogP contribution in [0.25, 0.3) is 0 Å². The lowest BCUT2D eigenvalue weighted by Crippen LogP contribution is -2.55. The minimum atomic E-state index is -2.95. The summed E-state index contributed by atoms with van der Waals surface area (Å²) in [6.45, 7) is 1.66. The summed E-state index contributed by atoms with van der Waals surface area (Å²) >= 11 is 0. The molecule has 1 aliphatic heterocycles. The molecule has 2 rings (SSSR count). The molecule has 1 saturated carbocycles. The highest BCUT2D eigenvalue weighted by atomic mass is 32.2. The molecule has 2 unspecified atom stereocenters. The number of nitrogens with one attached hydrogen (secondary N) is 1. The maximum atomic E-state index is 11.3. The molecule has 5 nitrogen and oxygen atoms in total. The lowest BCUT2D eigenvalue weighted by Gasteiger charge is -2.29. The van der Waals surface area contributed by atoms with Crippen LogP contribution >= 0.6 is 0 Å². The van der Waals surface area contributed by atoms with Crippen molar-refractivity contribution in [3.05, 3.63) is 0 Å². The molecule has 1 saturated heterocycles. The molecule has 2 N–H and O–H groups in total. The highest BCUT2D eigenvalue weighted by Gasteiger charge is 2.49. The van der Waals surface area contributed by atoms with Crippen molar-refractivity contribution < 1.29 is 18.3 Å². The third kappa shape index (κ3) is 2.22. The summed E-state index contributed by atoms with van der Waals surface area (Å²) in [6.07, 6.45) is 2.35. The molecule has 0 aromatic rings. The van der Waals surface area contributed by atoms with Gasteiger partial charge in [0.05, 0.1) is 11.5 Å². The third-order valence-electron chi connectivity index (χ3n) is 3.57. The standard InChI is InChI=1S/C10H17NO4S/c1-10(9(12)13,7-2-3-7)11-8-4-5-16(14,15)6-8/h7-8,11H,2-6H2,1H3,(H,12,13). The number of rotatable bonds is 4. The summed E-state index contributed by atoms with van der Waals surface area (Å²) < 4.78 is 22.6. The van der Waals surface area contributed by atoms with Gasteiger partial charge in [-0.3, -0.25) is 10.1 Å². The summed E-state index contributed by atoms with van der Waals surface area (Å²) in [5.41, 5.74) is -0.954. The van der Waals surface area contributed by atoms with E-state index in [1.807, 2.05) is 0 Å². The van der Waals surface area contributed by atoms with Crippen molar-refractivity contribution in [2.24, 2.45) is 5.92 Å². The number of hydrogen-bond acceptors (Lipinski definition) is 4. The minimum Gasteiger partial charge on any atom is -0.480 e. The molecule has 0 amide bonds. The lowest BCUT2D eigenvalue weighted by atomic mass is 9.94. The molecule has 0 aromatic carbocycles. The number of carboxylic acid groups (broad SMARTS) is 1.